The molecule has 58 valence electrons. The Hall–Kier alpha value is -0.680. The SMILES string of the molecule is O=[N+]([O-])c1ccccc1S[SH2+]. The third-order valence-electron chi connectivity index (χ3n) is 1.17. The zero-order valence-corrected chi connectivity index (χ0v) is 7.30. The number of nitrogens with zero attached hydrogens (tertiary/aromatic N) is 1. The number of nitro benzene ring substituents is 1. The molecule has 3 nitrogen and oxygen atoms in total. The normalized spacial score (nSPS) is 9.55. The molecule has 0 heterocycles. The van der Waals surface area contributed by atoms with E-state index in [2.05, 4.69) is 11.7 Å². The maximum Gasteiger partial charge on any atom is 0.287 e. The van der Waals surface area contributed by atoms with E-state index in [1.165, 1.54) is 16.9 Å². The van der Waals surface area contributed by atoms with Crippen LogP contribution in [-0.4, -0.2) is 4.92 Å². The maximum absolute atomic E-state index is 10.4. The van der Waals surface area contributed by atoms with Crippen molar-refractivity contribution in [1.29, 1.82) is 0 Å². The fraction of sp³-hybridized carbons (Fsp3) is 0. The van der Waals surface area contributed by atoms with Crippen molar-refractivity contribution in [3.8, 4) is 0 Å². The van der Waals surface area contributed by atoms with Gasteiger partial charge in [0.15, 0.2) is 0 Å². The number of para-hydroxylation sites is 1. The van der Waals surface area contributed by atoms with Gasteiger partial charge in [0.1, 0.15) is 15.7 Å². The van der Waals surface area contributed by atoms with Crippen molar-refractivity contribution in [2.45, 2.75) is 4.90 Å². The molecule has 1 aromatic rings. The molecule has 0 bridgehead atoms. The van der Waals surface area contributed by atoms with Crippen LogP contribution in [0.4, 0.5) is 5.69 Å². The Morgan fingerprint density at radius 3 is 2.55 bits per heavy atom. The largest absolute Gasteiger partial charge is 0.287 e. The first-order valence-corrected chi connectivity index (χ1v) is 4.87. The molecule has 0 N–H and O–H groups in total. The molecule has 0 atom stereocenters. The lowest BCUT2D eigenvalue weighted by Gasteiger charge is -1.92. The fourth-order valence-electron chi connectivity index (χ4n) is 0.694. The molecule has 0 amide bonds. The van der Waals surface area contributed by atoms with E-state index in [-0.39, 0.29) is 5.69 Å². The summed E-state index contributed by atoms with van der Waals surface area (Å²) in [7, 11) is 1.19. The second-order valence-corrected chi connectivity index (χ2v) is 3.08. The molecule has 0 aliphatic rings. The molecule has 5 heteroatoms. The summed E-state index contributed by atoms with van der Waals surface area (Å²) >= 11 is 3.14. The number of benzene rings is 1. The Bertz CT molecular complexity index is 277. The smallest absolute Gasteiger partial charge is 0.258 e. The van der Waals surface area contributed by atoms with Crippen molar-refractivity contribution in [3.05, 3.63) is 34.4 Å². The van der Waals surface area contributed by atoms with Crippen LogP contribution in [0, 0.1) is 10.1 Å². The maximum atomic E-state index is 10.4. The van der Waals surface area contributed by atoms with Crippen LogP contribution in [0.1, 0.15) is 0 Å². The number of nitro groups is 1. The minimum atomic E-state index is -0.400. The molecule has 1 aromatic carbocycles. The van der Waals surface area contributed by atoms with Gasteiger partial charge in [-0.25, -0.2) is 0 Å². The van der Waals surface area contributed by atoms with Gasteiger partial charge in [-0.15, -0.1) is 0 Å². The van der Waals surface area contributed by atoms with Crippen molar-refractivity contribution in [2.24, 2.45) is 0 Å². The molecule has 0 aliphatic heterocycles. The van der Waals surface area contributed by atoms with Crippen molar-refractivity contribution >= 4 is 28.1 Å². The first-order valence-electron chi connectivity index (χ1n) is 2.82. The van der Waals surface area contributed by atoms with Crippen LogP contribution in [0.2, 0.25) is 0 Å². The van der Waals surface area contributed by atoms with Gasteiger partial charge in [0, 0.05) is 17.7 Å². The minimum absolute atomic E-state index is 0.132. The topological polar surface area (TPSA) is 43.1 Å². The Morgan fingerprint density at radius 2 is 2.09 bits per heavy atom. The highest BCUT2D eigenvalue weighted by molar-refractivity contribution is 8.59. The highest BCUT2D eigenvalue weighted by atomic mass is 33.1. The van der Waals surface area contributed by atoms with Crippen LogP contribution in [-0.2, 0) is 11.7 Å². The summed E-state index contributed by atoms with van der Waals surface area (Å²) < 4.78 is 0. The van der Waals surface area contributed by atoms with Crippen LogP contribution in [0.5, 0.6) is 0 Å². The Kier molecular flexibility index (Phi) is 2.78. The van der Waals surface area contributed by atoms with Gasteiger partial charge in [-0.3, -0.25) is 10.1 Å². The molecule has 11 heavy (non-hydrogen) atoms. The van der Waals surface area contributed by atoms with Gasteiger partial charge >= 0.3 is 0 Å². The van der Waals surface area contributed by atoms with Crippen molar-refractivity contribution < 1.29 is 4.92 Å². The highest BCUT2D eigenvalue weighted by Crippen LogP contribution is 2.26. The molecular weight excluding hydrogens is 182 g/mol. The second-order valence-electron chi connectivity index (χ2n) is 1.83. The van der Waals surface area contributed by atoms with E-state index in [4.69, 9.17) is 0 Å². The van der Waals surface area contributed by atoms with Crippen LogP contribution >= 0.6 is 10.8 Å². The van der Waals surface area contributed by atoms with E-state index in [9.17, 15) is 10.1 Å². The molecule has 0 spiro atoms. The average molecular weight is 188 g/mol. The van der Waals surface area contributed by atoms with Gasteiger partial charge in [-0.1, -0.05) is 12.1 Å². The van der Waals surface area contributed by atoms with E-state index in [1.54, 1.807) is 18.2 Å². The highest BCUT2D eigenvalue weighted by Gasteiger charge is 2.13. The predicted molar refractivity (Wildman–Crippen MR) is 49.1 cm³/mol. The van der Waals surface area contributed by atoms with Crippen molar-refractivity contribution in [2.75, 3.05) is 0 Å². The summed E-state index contributed by atoms with van der Waals surface area (Å²) in [4.78, 5) is 10.6. The monoisotopic (exact) mass is 188 g/mol. The first-order chi connectivity index (χ1) is 5.25. The molecule has 0 unspecified atom stereocenters. The molecule has 0 aliphatic carbocycles. The molecule has 0 aromatic heterocycles. The van der Waals surface area contributed by atoms with Crippen molar-refractivity contribution in [1.82, 2.24) is 0 Å². The third-order valence-corrected chi connectivity index (χ3v) is 2.40. The second kappa shape index (κ2) is 3.64. The molecule has 0 fully saturated rings. The van der Waals surface area contributed by atoms with Crippen molar-refractivity contribution in [3.63, 3.8) is 0 Å². The Labute approximate surface area is 72.8 Å². The van der Waals surface area contributed by atoms with E-state index in [1.807, 2.05) is 0 Å². The molecule has 0 saturated carbocycles. The Morgan fingerprint density at radius 1 is 1.45 bits per heavy atom. The van der Waals surface area contributed by atoms with Crippen LogP contribution in [0.25, 0.3) is 0 Å². The Balaban J connectivity index is 3.12. The van der Waals surface area contributed by atoms with Crippen LogP contribution in [0.3, 0.4) is 0 Å². The van der Waals surface area contributed by atoms with Gasteiger partial charge in [0.05, 0.1) is 4.92 Å². The van der Waals surface area contributed by atoms with Crippen LogP contribution in [0.15, 0.2) is 29.2 Å². The standard InChI is InChI=1S/C6H5NO2S2/c8-7(9)5-3-1-2-4-6(5)11-10/h1-4,10H/p+1. The summed E-state index contributed by atoms with van der Waals surface area (Å²) in [6, 6.07) is 6.57. The minimum Gasteiger partial charge on any atom is -0.258 e. The quantitative estimate of drug-likeness (QED) is 0.306. The number of hydrogen-bond acceptors (Lipinski definition) is 3. The average Bonchev–Trinajstić information content (AvgIpc) is 2.04. The zero-order chi connectivity index (χ0) is 8.27. The summed E-state index contributed by atoms with van der Waals surface area (Å²) in [6.07, 6.45) is 0. The fourth-order valence-corrected chi connectivity index (χ4v) is 1.61. The van der Waals surface area contributed by atoms with Gasteiger partial charge < -0.3 is 0 Å². The van der Waals surface area contributed by atoms with Gasteiger partial charge in [-0.2, -0.15) is 0 Å². The van der Waals surface area contributed by atoms with E-state index < -0.39 is 4.92 Å². The summed E-state index contributed by atoms with van der Waals surface area (Å²) in [5, 5.41) is 10.4. The molecular formula is C6H6NO2S2+. The summed E-state index contributed by atoms with van der Waals surface area (Å²) in [5.74, 6) is 0. The third kappa shape index (κ3) is 1.87. The molecule has 0 saturated heterocycles. The van der Waals surface area contributed by atoms with E-state index in [0.29, 0.717) is 4.90 Å². The van der Waals surface area contributed by atoms with Gasteiger partial charge in [-0.05, 0) is 6.07 Å². The molecule has 0 radical (unpaired) electrons. The van der Waals surface area contributed by atoms with E-state index in [0.717, 1.165) is 0 Å². The summed E-state index contributed by atoms with van der Waals surface area (Å²) in [6.45, 7) is 0. The van der Waals surface area contributed by atoms with E-state index >= 15 is 0 Å². The predicted octanol–water partition coefficient (Wildman–Crippen LogP) is 1.61. The zero-order valence-electron chi connectivity index (χ0n) is 5.48. The molecule has 1 rings (SSSR count). The number of rotatable bonds is 2. The lowest BCUT2D eigenvalue weighted by Crippen LogP contribution is -1.88. The summed E-state index contributed by atoms with van der Waals surface area (Å²) in [5.41, 5.74) is 0.132. The van der Waals surface area contributed by atoms with Gasteiger partial charge in [0.2, 0.25) is 0 Å². The lowest BCUT2D eigenvalue weighted by atomic mass is 10.3. The lowest BCUT2D eigenvalue weighted by molar-refractivity contribution is -0.387. The first kappa shape index (κ1) is 8.42. The number of hydrogen-bond donors (Lipinski definition) is 0. The van der Waals surface area contributed by atoms with Crippen LogP contribution < -0.4 is 0 Å². The van der Waals surface area contributed by atoms with Gasteiger partial charge in [0.25, 0.3) is 5.69 Å².